The van der Waals surface area contributed by atoms with E-state index in [1.807, 2.05) is 31.2 Å². The second kappa shape index (κ2) is 6.35. The summed E-state index contributed by atoms with van der Waals surface area (Å²) in [5.74, 6) is -2.31. The number of rotatable bonds is 4. The molecule has 3 nitrogen and oxygen atoms in total. The number of nitrogens with one attached hydrogen (secondary N) is 1. The number of hydrogen-bond acceptors (Lipinski definition) is 2. The predicted octanol–water partition coefficient (Wildman–Crippen LogP) is 2.83. The first-order chi connectivity index (χ1) is 9.99. The lowest BCUT2D eigenvalue weighted by Gasteiger charge is -2.09. The van der Waals surface area contributed by atoms with Crippen LogP contribution in [0.4, 0.5) is 14.5 Å². The van der Waals surface area contributed by atoms with Gasteiger partial charge in [-0.05, 0) is 36.6 Å². The van der Waals surface area contributed by atoms with E-state index in [1.54, 1.807) is 0 Å². The van der Waals surface area contributed by atoms with Crippen molar-refractivity contribution in [2.24, 2.45) is 0 Å². The lowest BCUT2D eigenvalue weighted by atomic mass is 10.1. The van der Waals surface area contributed by atoms with E-state index < -0.39 is 17.5 Å². The highest BCUT2D eigenvalue weighted by Crippen LogP contribution is 2.17. The molecule has 0 unspecified atom stereocenters. The summed E-state index contributed by atoms with van der Waals surface area (Å²) in [6, 6.07) is 9.47. The molecule has 0 saturated carbocycles. The summed E-state index contributed by atoms with van der Waals surface area (Å²) in [6.45, 7) is 2.31. The van der Waals surface area contributed by atoms with E-state index in [4.69, 9.17) is 5.73 Å². The maximum Gasteiger partial charge on any atom is 0.254 e. The van der Waals surface area contributed by atoms with Crippen molar-refractivity contribution in [1.29, 1.82) is 0 Å². The second-order valence-corrected chi connectivity index (χ2v) is 4.79. The zero-order valence-corrected chi connectivity index (χ0v) is 11.6. The minimum Gasteiger partial charge on any atom is -0.396 e. The van der Waals surface area contributed by atoms with Gasteiger partial charge in [-0.3, -0.25) is 4.79 Å². The third kappa shape index (κ3) is 3.56. The smallest absolute Gasteiger partial charge is 0.254 e. The van der Waals surface area contributed by atoms with E-state index >= 15 is 0 Å². The molecule has 0 aliphatic carbocycles. The van der Waals surface area contributed by atoms with Gasteiger partial charge in [-0.1, -0.05) is 24.3 Å². The summed E-state index contributed by atoms with van der Waals surface area (Å²) in [4.78, 5) is 11.9. The van der Waals surface area contributed by atoms with Gasteiger partial charge in [-0.15, -0.1) is 0 Å². The van der Waals surface area contributed by atoms with E-state index in [0.29, 0.717) is 13.0 Å². The second-order valence-electron chi connectivity index (χ2n) is 4.79. The summed E-state index contributed by atoms with van der Waals surface area (Å²) < 4.78 is 26.9. The Morgan fingerprint density at radius 3 is 2.67 bits per heavy atom. The fourth-order valence-corrected chi connectivity index (χ4v) is 2.07. The summed E-state index contributed by atoms with van der Waals surface area (Å²) in [6.07, 6.45) is 0.616. The summed E-state index contributed by atoms with van der Waals surface area (Å²) in [7, 11) is 0. The molecule has 2 rings (SSSR count). The van der Waals surface area contributed by atoms with Crippen LogP contribution >= 0.6 is 0 Å². The minimum absolute atomic E-state index is 0.333. The molecule has 0 spiro atoms. The van der Waals surface area contributed by atoms with Crippen molar-refractivity contribution in [2.45, 2.75) is 13.3 Å². The van der Waals surface area contributed by atoms with Crippen molar-refractivity contribution >= 4 is 11.6 Å². The molecule has 0 radical (unpaired) electrons. The Kier molecular flexibility index (Phi) is 4.52. The van der Waals surface area contributed by atoms with Crippen LogP contribution in [0.25, 0.3) is 0 Å². The molecule has 2 aromatic rings. The van der Waals surface area contributed by atoms with Crippen molar-refractivity contribution in [3.05, 3.63) is 64.7 Å². The summed E-state index contributed by atoms with van der Waals surface area (Å²) in [5.41, 5.74) is 6.76. The monoisotopic (exact) mass is 290 g/mol. The molecular weight excluding hydrogens is 274 g/mol. The average Bonchev–Trinajstić information content (AvgIpc) is 2.44. The van der Waals surface area contributed by atoms with E-state index in [1.165, 1.54) is 0 Å². The van der Waals surface area contributed by atoms with E-state index in [9.17, 15) is 13.6 Å². The number of nitrogens with two attached hydrogens (primary N) is 1. The topological polar surface area (TPSA) is 55.1 Å². The van der Waals surface area contributed by atoms with Gasteiger partial charge < -0.3 is 11.1 Å². The number of anilines is 1. The SMILES string of the molecule is Cc1ccccc1CCNC(=O)c1cc(F)cc(N)c1F. The highest BCUT2D eigenvalue weighted by atomic mass is 19.1. The molecular formula is C16H16F2N2O. The van der Waals surface area contributed by atoms with Crippen molar-refractivity contribution < 1.29 is 13.6 Å². The van der Waals surface area contributed by atoms with Gasteiger partial charge in [0.1, 0.15) is 5.82 Å². The Morgan fingerprint density at radius 1 is 1.24 bits per heavy atom. The molecule has 0 fully saturated rings. The Hall–Kier alpha value is -2.43. The Bertz CT molecular complexity index is 671. The van der Waals surface area contributed by atoms with Crippen molar-refractivity contribution in [2.75, 3.05) is 12.3 Å². The lowest BCUT2D eigenvalue weighted by Crippen LogP contribution is -2.27. The van der Waals surface area contributed by atoms with Gasteiger partial charge in [-0.2, -0.15) is 0 Å². The zero-order valence-electron chi connectivity index (χ0n) is 11.6. The van der Waals surface area contributed by atoms with Gasteiger partial charge >= 0.3 is 0 Å². The predicted molar refractivity (Wildman–Crippen MR) is 78.0 cm³/mol. The molecule has 0 aliphatic heterocycles. The molecule has 1 amide bonds. The van der Waals surface area contributed by atoms with Crippen LogP contribution in [0.3, 0.4) is 0 Å². The number of halogens is 2. The number of carbonyl (C=O) groups excluding carboxylic acids is 1. The molecule has 110 valence electrons. The molecule has 0 atom stereocenters. The van der Waals surface area contributed by atoms with Crippen LogP contribution in [0, 0.1) is 18.6 Å². The van der Waals surface area contributed by atoms with E-state index in [2.05, 4.69) is 5.32 Å². The zero-order chi connectivity index (χ0) is 15.4. The van der Waals surface area contributed by atoms with E-state index in [0.717, 1.165) is 23.3 Å². The molecule has 3 N–H and O–H groups in total. The van der Waals surface area contributed by atoms with Crippen LogP contribution in [0.15, 0.2) is 36.4 Å². The Morgan fingerprint density at radius 2 is 1.95 bits per heavy atom. The van der Waals surface area contributed by atoms with Gasteiger partial charge in [0.25, 0.3) is 5.91 Å². The van der Waals surface area contributed by atoms with Crippen LogP contribution < -0.4 is 11.1 Å². The van der Waals surface area contributed by atoms with Gasteiger partial charge in [0.2, 0.25) is 0 Å². The van der Waals surface area contributed by atoms with Crippen molar-refractivity contribution in [3.63, 3.8) is 0 Å². The molecule has 0 saturated heterocycles. The molecule has 0 aromatic heterocycles. The third-order valence-electron chi connectivity index (χ3n) is 3.25. The fraction of sp³-hybridized carbons (Fsp3) is 0.188. The van der Waals surface area contributed by atoms with Crippen molar-refractivity contribution in [1.82, 2.24) is 5.32 Å². The van der Waals surface area contributed by atoms with Gasteiger partial charge in [-0.25, -0.2) is 8.78 Å². The molecule has 0 bridgehead atoms. The molecule has 0 aliphatic rings. The third-order valence-corrected chi connectivity index (χ3v) is 3.25. The maximum atomic E-state index is 13.7. The lowest BCUT2D eigenvalue weighted by molar-refractivity contribution is 0.0949. The molecule has 2 aromatic carbocycles. The average molecular weight is 290 g/mol. The van der Waals surface area contributed by atoms with Crippen LogP contribution in [0.1, 0.15) is 21.5 Å². The normalized spacial score (nSPS) is 10.4. The molecule has 5 heteroatoms. The van der Waals surface area contributed by atoms with Crippen LogP contribution in [-0.4, -0.2) is 12.5 Å². The number of hydrogen-bond donors (Lipinski definition) is 2. The summed E-state index contributed by atoms with van der Waals surface area (Å²) in [5, 5.41) is 2.57. The standard InChI is InChI=1S/C16H16F2N2O/c1-10-4-2-3-5-11(10)6-7-20-16(21)13-8-12(17)9-14(19)15(13)18/h2-5,8-9H,6-7,19H2,1H3,(H,20,21). The minimum atomic E-state index is -0.898. The fourth-order valence-electron chi connectivity index (χ4n) is 2.07. The number of amides is 1. The first-order valence-corrected chi connectivity index (χ1v) is 6.56. The summed E-state index contributed by atoms with van der Waals surface area (Å²) >= 11 is 0. The highest BCUT2D eigenvalue weighted by Gasteiger charge is 2.15. The van der Waals surface area contributed by atoms with Crippen LogP contribution in [0.2, 0.25) is 0 Å². The maximum absolute atomic E-state index is 13.7. The first-order valence-electron chi connectivity index (χ1n) is 6.56. The van der Waals surface area contributed by atoms with E-state index in [-0.39, 0.29) is 11.3 Å². The number of aryl methyl sites for hydroxylation is 1. The van der Waals surface area contributed by atoms with Gasteiger partial charge in [0.15, 0.2) is 5.82 Å². The largest absolute Gasteiger partial charge is 0.396 e. The first kappa shape index (κ1) is 15.0. The van der Waals surface area contributed by atoms with Crippen molar-refractivity contribution in [3.8, 4) is 0 Å². The highest BCUT2D eigenvalue weighted by molar-refractivity contribution is 5.95. The quantitative estimate of drug-likeness (QED) is 0.851. The Balaban J connectivity index is 2.01. The molecule has 0 heterocycles. The Labute approximate surface area is 121 Å². The number of carbonyl (C=O) groups is 1. The number of benzene rings is 2. The van der Waals surface area contributed by atoms with Gasteiger partial charge in [0.05, 0.1) is 11.3 Å². The van der Waals surface area contributed by atoms with Gasteiger partial charge in [0, 0.05) is 6.54 Å². The molecule has 21 heavy (non-hydrogen) atoms. The van der Waals surface area contributed by atoms with Crippen LogP contribution in [0.5, 0.6) is 0 Å². The van der Waals surface area contributed by atoms with Crippen LogP contribution in [-0.2, 0) is 6.42 Å². The number of nitrogen functional groups attached to an aromatic ring is 1.